The van der Waals surface area contributed by atoms with Gasteiger partial charge in [-0.1, -0.05) is 41.7 Å². The van der Waals surface area contributed by atoms with Crippen LogP contribution in [0.2, 0.25) is 10.0 Å². The molecule has 1 aromatic rings. The number of hydrogen-bond acceptors (Lipinski definition) is 2. The minimum absolute atomic E-state index is 0.381. The van der Waals surface area contributed by atoms with E-state index < -0.39 is 0 Å². The quantitative estimate of drug-likeness (QED) is 0.742. The van der Waals surface area contributed by atoms with Crippen molar-refractivity contribution in [3.8, 4) is 5.75 Å². The fourth-order valence-corrected chi connectivity index (χ4v) is 2.14. The third-order valence-electron chi connectivity index (χ3n) is 2.24. The zero-order valence-corrected chi connectivity index (χ0v) is 12.4. The molecule has 18 heavy (non-hydrogen) atoms. The van der Waals surface area contributed by atoms with E-state index in [9.17, 15) is 0 Å². The van der Waals surface area contributed by atoms with Gasteiger partial charge in [-0.05, 0) is 31.2 Å². The molecule has 0 amide bonds. The topological polar surface area (TPSA) is 21.3 Å². The molecule has 0 saturated carbocycles. The molecule has 0 heterocycles. The van der Waals surface area contributed by atoms with Crippen LogP contribution in [0.3, 0.4) is 0 Å². The fraction of sp³-hybridized carbons (Fsp3) is 0.385. The van der Waals surface area contributed by atoms with Gasteiger partial charge < -0.3 is 10.1 Å². The number of benzene rings is 1. The summed E-state index contributed by atoms with van der Waals surface area (Å²) in [5.74, 6) is 0.652. The molecule has 0 aliphatic carbocycles. The van der Waals surface area contributed by atoms with Gasteiger partial charge in [0.2, 0.25) is 0 Å². The summed E-state index contributed by atoms with van der Waals surface area (Å²) in [7, 11) is 0. The fourth-order valence-electron chi connectivity index (χ4n) is 1.47. The second-order valence-electron chi connectivity index (χ2n) is 3.73. The van der Waals surface area contributed by atoms with Crippen molar-refractivity contribution in [1.82, 2.24) is 5.32 Å². The molecule has 0 radical (unpaired) electrons. The molecule has 0 fully saturated rings. The molecular formula is C13H16Cl3NO. The number of hydrogen-bond donors (Lipinski definition) is 1. The monoisotopic (exact) mass is 307 g/mol. The molecule has 1 aromatic carbocycles. The van der Waals surface area contributed by atoms with E-state index in [0.29, 0.717) is 28.9 Å². The maximum atomic E-state index is 6.13. The lowest BCUT2D eigenvalue weighted by Crippen LogP contribution is -2.15. The van der Waals surface area contributed by atoms with E-state index in [-0.39, 0.29) is 0 Å². The van der Waals surface area contributed by atoms with Crippen LogP contribution in [-0.2, 0) is 6.54 Å². The van der Waals surface area contributed by atoms with Crippen molar-refractivity contribution in [2.45, 2.75) is 19.9 Å². The summed E-state index contributed by atoms with van der Waals surface area (Å²) < 4.78 is 5.59. The molecule has 1 N–H and O–H groups in total. The Labute approximate surface area is 123 Å². The zero-order chi connectivity index (χ0) is 13.4. The summed E-state index contributed by atoms with van der Waals surface area (Å²) >= 11 is 17.6. The van der Waals surface area contributed by atoms with Crippen molar-refractivity contribution in [3.05, 3.63) is 39.4 Å². The summed E-state index contributed by atoms with van der Waals surface area (Å²) in [4.78, 5) is 0. The van der Waals surface area contributed by atoms with Crippen LogP contribution in [0.4, 0.5) is 0 Å². The van der Waals surface area contributed by atoms with Gasteiger partial charge >= 0.3 is 0 Å². The number of ether oxygens (including phenoxy) is 1. The first-order chi connectivity index (χ1) is 8.69. The number of nitrogens with one attached hydrogen (secondary N) is 1. The lowest BCUT2D eigenvalue weighted by atomic mass is 10.2. The van der Waals surface area contributed by atoms with Crippen LogP contribution in [0.1, 0.15) is 18.9 Å². The largest absolute Gasteiger partial charge is 0.488 e. The minimum atomic E-state index is 0.381. The average Bonchev–Trinajstić information content (AvgIpc) is 2.32. The molecule has 0 aromatic heterocycles. The van der Waals surface area contributed by atoms with Gasteiger partial charge in [0.05, 0.1) is 5.02 Å². The minimum Gasteiger partial charge on any atom is -0.488 e. The average molecular weight is 309 g/mol. The Kier molecular flexibility index (Phi) is 7.52. The predicted octanol–water partition coefficient (Wildman–Crippen LogP) is 4.62. The van der Waals surface area contributed by atoms with Crippen LogP contribution in [0.15, 0.2) is 23.7 Å². The van der Waals surface area contributed by atoms with E-state index in [1.807, 2.05) is 6.07 Å². The van der Waals surface area contributed by atoms with E-state index >= 15 is 0 Å². The Morgan fingerprint density at radius 2 is 2.11 bits per heavy atom. The second kappa shape index (κ2) is 8.65. The molecule has 2 nitrogen and oxygen atoms in total. The Bertz CT molecular complexity index is 407. The first-order valence-electron chi connectivity index (χ1n) is 5.75. The molecule has 0 aliphatic rings. The summed E-state index contributed by atoms with van der Waals surface area (Å²) in [6, 6.07) is 3.53. The van der Waals surface area contributed by atoms with Crippen LogP contribution in [-0.4, -0.2) is 13.2 Å². The van der Waals surface area contributed by atoms with Gasteiger partial charge in [0.15, 0.2) is 0 Å². The molecule has 0 bridgehead atoms. The lowest BCUT2D eigenvalue weighted by Gasteiger charge is -2.13. The maximum Gasteiger partial charge on any atom is 0.142 e. The highest BCUT2D eigenvalue weighted by molar-refractivity contribution is 6.35. The number of halogens is 3. The van der Waals surface area contributed by atoms with E-state index in [1.165, 1.54) is 5.54 Å². The Balaban J connectivity index is 2.82. The molecule has 0 spiro atoms. The van der Waals surface area contributed by atoms with Crippen molar-refractivity contribution in [1.29, 1.82) is 0 Å². The third kappa shape index (κ3) is 5.07. The molecule has 5 heteroatoms. The Morgan fingerprint density at radius 3 is 2.78 bits per heavy atom. The first kappa shape index (κ1) is 15.6. The van der Waals surface area contributed by atoms with Gasteiger partial charge in [0.25, 0.3) is 0 Å². The van der Waals surface area contributed by atoms with E-state index in [1.54, 1.807) is 12.1 Å². The standard InChI is InChI=1S/C13H16Cl3NO/c1-2-5-17-9-10-7-11(15)8-12(16)13(10)18-6-3-4-14/h3-4,7-8,17H,2,5-6,9H2,1H3. The van der Waals surface area contributed by atoms with Gasteiger partial charge in [-0.25, -0.2) is 0 Å². The normalized spacial score (nSPS) is 11.1. The second-order valence-corrected chi connectivity index (χ2v) is 4.82. The highest BCUT2D eigenvalue weighted by atomic mass is 35.5. The van der Waals surface area contributed by atoms with E-state index in [2.05, 4.69) is 12.2 Å². The van der Waals surface area contributed by atoms with Crippen molar-refractivity contribution < 1.29 is 4.74 Å². The molecule has 100 valence electrons. The summed E-state index contributed by atoms with van der Waals surface area (Å²) in [5, 5.41) is 4.41. The van der Waals surface area contributed by atoms with Crippen molar-refractivity contribution >= 4 is 34.8 Å². The smallest absolute Gasteiger partial charge is 0.142 e. The van der Waals surface area contributed by atoms with Crippen LogP contribution in [0, 0.1) is 0 Å². The highest BCUT2D eigenvalue weighted by Crippen LogP contribution is 2.32. The maximum absolute atomic E-state index is 6.13. The molecule has 0 unspecified atom stereocenters. The summed E-state index contributed by atoms with van der Waals surface area (Å²) in [6.07, 6.45) is 2.77. The van der Waals surface area contributed by atoms with Gasteiger partial charge in [-0.2, -0.15) is 0 Å². The SMILES string of the molecule is CCCNCc1cc(Cl)cc(Cl)c1OCC=CCl. The van der Waals surface area contributed by atoms with E-state index in [4.69, 9.17) is 39.5 Å². The van der Waals surface area contributed by atoms with Crippen molar-refractivity contribution in [2.75, 3.05) is 13.2 Å². The van der Waals surface area contributed by atoms with Gasteiger partial charge in [0, 0.05) is 22.7 Å². The van der Waals surface area contributed by atoms with Crippen molar-refractivity contribution in [3.63, 3.8) is 0 Å². The molecule has 1 rings (SSSR count). The Morgan fingerprint density at radius 1 is 1.33 bits per heavy atom. The van der Waals surface area contributed by atoms with Crippen LogP contribution in [0.25, 0.3) is 0 Å². The van der Waals surface area contributed by atoms with Gasteiger partial charge in [-0.3, -0.25) is 0 Å². The molecular weight excluding hydrogens is 293 g/mol. The first-order valence-corrected chi connectivity index (χ1v) is 6.95. The molecule has 0 aliphatic heterocycles. The predicted molar refractivity (Wildman–Crippen MR) is 78.9 cm³/mol. The molecule has 0 saturated heterocycles. The number of rotatable bonds is 7. The summed E-state index contributed by atoms with van der Waals surface area (Å²) in [5.41, 5.74) is 2.36. The van der Waals surface area contributed by atoms with Crippen molar-refractivity contribution in [2.24, 2.45) is 0 Å². The van der Waals surface area contributed by atoms with Crippen LogP contribution in [0.5, 0.6) is 5.75 Å². The summed E-state index contributed by atoms with van der Waals surface area (Å²) in [6.45, 7) is 4.10. The third-order valence-corrected chi connectivity index (χ3v) is 2.92. The molecule has 0 atom stereocenters. The lowest BCUT2D eigenvalue weighted by molar-refractivity contribution is 0.358. The van der Waals surface area contributed by atoms with Gasteiger partial charge in [-0.15, -0.1) is 0 Å². The van der Waals surface area contributed by atoms with E-state index in [0.717, 1.165) is 18.5 Å². The van der Waals surface area contributed by atoms with Crippen LogP contribution < -0.4 is 10.1 Å². The Hall–Kier alpha value is -0.410. The van der Waals surface area contributed by atoms with Crippen LogP contribution >= 0.6 is 34.8 Å². The zero-order valence-electron chi connectivity index (χ0n) is 10.2. The van der Waals surface area contributed by atoms with Gasteiger partial charge in [0.1, 0.15) is 12.4 Å². The highest BCUT2D eigenvalue weighted by Gasteiger charge is 2.10.